The van der Waals surface area contributed by atoms with Gasteiger partial charge in [0, 0.05) is 6.20 Å². The van der Waals surface area contributed by atoms with E-state index in [1.807, 2.05) is 0 Å². The first-order valence-corrected chi connectivity index (χ1v) is 5.97. The molecule has 19 heavy (non-hydrogen) atoms. The average molecular weight is 269 g/mol. The van der Waals surface area contributed by atoms with Crippen LogP contribution < -0.4 is 11.4 Å². The minimum absolute atomic E-state index is 0.0884. The van der Waals surface area contributed by atoms with E-state index < -0.39 is 35.2 Å². The van der Waals surface area contributed by atoms with Gasteiger partial charge in [0.25, 0.3) is 0 Å². The summed E-state index contributed by atoms with van der Waals surface area (Å²) < 4.78 is 26.8. The molecule has 0 bridgehead atoms. The Labute approximate surface area is 106 Å². The first-order chi connectivity index (χ1) is 9.03. The third-order valence-corrected chi connectivity index (χ3v) is 4.22. The molecule has 0 radical (unpaired) electrons. The van der Waals surface area contributed by atoms with Gasteiger partial charge in [-0.25, -0.2) is 9.18 Å². The van der Waals surface area contributed by atoms with Crippen molar-refractivity contribution in [1.29, 1.82) is 0 Å². The summed E-state index contributed by atoms with van der Waals surface area (Å²) >= 11 is 0. The van der Waals surface area contributed by atoms with Crippen molar-refractivity contribution in [2.24, 2.45) is 0 Å². The van der Waals surface area contributed by atoms with E-state index in [1.54, 1.807) is 0 Å². The van der Waals surface area contributed by atoms with Crippen molar-refractivity contribution in [3.05, 3.63) is 22.7 Å². The highest BCUT2D eigenvalue weighted by Gasteiger charge is 2.86. The van der Waals surface area contributed by atoms with Crippen molar-refractivity contribution in [2.75, 3.05) is 18.9 Å². The Morgan fingerprint density at radius 3 is 3.00 bits per heavy atom. The number of hydrogen-bond donors (Lipinski definition) is 2. The second kappa shape index (κ2) is 3.14. The lowest BCUT2D eigenvalue weighted by atomic mass is 9.89. The van der Waals surface area contributed by atoms with Crippen LogP contribution in [0.4, 0.5) is 10.2 Å². The smallest absolute Gasteiger partial charge is 0.349 e. The molecule has 1 saturated carbocycles. The number of halogens is 1. The van der Waals surface area contributed by atoms with Gasteiger partial charge in [-0.15, -0.1) is 0 Å². The zero-order valence-corrected chi connectivity index (χ0v) is 9.82. The number of rotatable bonds is 2. The van der Waals surface area contributed by atoms with Crippen molar-refractivity contribution in [3.63, 3.8) is 0 Å². The van der Waals surface area contributed by atoms with Gasteiger partial charge in [-0.1, -0.05) is 0 Å². The highest BCUT2D eigenvalue weighted by Crippen LogP contribution is 2.67. The number of hydrogen-bond acceptors (Lipinski definition) is 6. The SMILES string of the molecule is Nc1ccn(C2[C@@H]3O[C@@]4(CO)CO[C@H]4[C@]23F)c(=O)n1. The number of alkyl halides is 1. The van der Waals surface area contributed by atoms with Crippen LogP contribution in [0, 0.1) is 0 Å². The Morgan fingerprint density at radius 1 is 1.68 bits per heavy atom. The molecule has 4 rings (SSSR count). The van der Waals surface area contributed by atoms with Crippen LogP contribution in [0.1, 0.15) is 6.04 Å². The summed E-state index contributed by atoms with van der Waals surface area (Å²) in [5, 5.41) is 9.28. The molecule has 3 fully saturated rings. The van der Waals surface area contributed by atoms with Crippen LogP contribution in [-0.4, -0.2) is 51.3 Å². The molecule has 102 valence electrons. The van der Waals surface area contributed by atoms with Crippen LogP contribution in [0.2, 0.25) is 0 Å². The van der Waals surface area contributed by atoms with Gasteiger partial charge in [-0.05, 0) is 6.07 Å². The van der Waals surface area contributed by atoms with E-state index in [9.17, 15) is 14.3 Å². The average Bonchev–Trinajstić information content (AvgIpc) is 2.83. The Bertz CT molecular complexity index is 618. The molecule has 3 heterocycles. The van der Waals surface area contributed by atoms with Gasteiger partial charge in [0.1, 0.15) is 29.7 Å². The monoisotopic (exact) mass is 269 g/mol. The fraction of sp³-hybridized carbons (Fsp3) is 0.636. The van der Waals surface area contributed by atoms with E-state index in [0.29, 0.717) is 0 Å². The van der Waals surface area contributed by atoms with Crippen LogP contribution >= 0.6 is 0 Å². The topological polar surface area (TPSA) is 99.6 Å². The van der Waals surface area contributed by atoms with Crippen LogP contribution in [0.15, 0.2) is 17.1 Å². The fourth-order valence-electron chi connectivity index (χ4n) is 3.18. The van der Waals surface area contributed by atoms with E-state index in [-0.39, 0.29) is 19.0 Å². The number of aliphatic hydroxyl groups is 1. The zero-order valence-electron chi connectivity index (χ0n) is 9.82. The summed E-state index contributed by atoms with van der Waals surface area (Å²) in [6.45, 7) is -0.112. The summed E-state index contributed by atoms with van der Waals surface area (Å²) in [6.07, 6.45) is -0.211. The Kier molecular flexibility index (Phi) is 1.87. The standard InChI is InChI=1S/C11H12FN3O4/c12-11-6(15-2-1-5(13)14-9(15)17)7(11)19-10(3-16)4-18-8(10)11/h1-2,6-8,16H,3-4H2,(H2,13,14,17)/t6?,7-,8+,10-,11-/m0/s1. The molecule has 2 aliphatic heterocycles. The molecular weight excluding hydrogens is 257 g/mol. The second-order valence-electron chi connectivity index (χ2n) is 5.27. The molecule has 0 amide bonds. The predicted molar refractivity (Wildman–Crippen MR) is 60.2 cm³/mol. The summed E-state index contributed by atoms with van der Waals surface area (Å²) in [7, 11) is 0. The van der Waals surface area contributed by atoms with Gasteiger partial charge < -0.3 is 20.3 Å². The minimum Gasteiger partial charge on any atom is -0.393 e. The van der Waals surface area contributed by atoms with Gasteiger partial charge in [0.15, 0.2) is 5.67 Å². The van der Waals surface area contributed by atoms with E-state index in [1.165, 1.54) is 16.8 Å². The Morgan fingerprint density at radius 2 is 2.47 bits per heavy atom. The maximum Gasteiger partial charge on any atom is 0.349 e. The molecule has 3 aliphatic rings. The molecular formula is C11H12FN3O4. The number of fused-ring (bicyclic) bond motifs is 3. The van der Waals surface area contributed by atoms with Gasteiger partial charge in [-0.3, -0.25) is 4.57 Å². The lowest BCUT2D eigenvalue weighted by molar-refractivity contribution is -0.261. The first-order valence-electron chi connectivity index (χ1n) is 5.97. The highest BCUT2D eigenvalue weighted by atomic mass is 19.1. The maximum absolute atomic E-state index is 14.9. The third-order valence-electron chi connectivity index (χ3n) is 4.22. The number of aromatic nitrogens is 2. The largest absolute Gasteiger partial charge is 0.393 e. The number of ether oxygens (including phenoxy) is 2. The van der Waals surface area contributed by atoms with Gasteiger partial charge in [-0.2, -0.15) is 4.98 Å². The summed E-state index contributed by atoms with van der Waals surface area (Å²) in [5.74, 6) is 0.0884. The minimum atomic E-state index is -1.78. The summed E-state index contributed by atoms with van der Waals surface area (Å²) in [5.41, 5.74) is 2.06. The fourth-order valence-corrected chi connectivity index (χ4v) is 3.18. The molecule has 5 atom stereocenters. The molecule has 1 aliphatic carbocycles. The first kappa shape index (κ1) is 11.3. The molecule has 1 aromatic rings. The van der Waals surface area contributed by atoms with Crippen LogP contribution in [-0.2, 0) is 9.47 Å². The molecule has 1 unspecified atom stereocenters. The van der Waals surface area contributed by atoms with Crippen molar-refractivity contribution in [3.8, 4) is 0 Å². The quantitative estimate of drug-likeness (QED) is 0.686. The molecule has 0 spiro atoms. The van der Waals surface area contributed by atoms with Crippen molar-refractivity contribution in [1.82, 2.24) is 9.55 Å². The Hall–Kier alpha value is -1.51. The number of anilines is 1. The van der Waals surface area contributed by atoms with Crippen LogP contribution in [0.25, 0.3) is 0 Å². The molecule has 8 heteroatoms. The second-order valence-corrected chi connectivity index (χ2v) is 5.27. The van der Waals surface area contributed by atoms with Crippen molar-refractivity contribution < 1.29 is 19.0 Å². The highest BCUT2D eigenvalue weighted by molar-refractivity contribution is 5.35. The summed E-state index contributed by atoms with van der Waals surface area (Å²) in [4.78, 5) is 15.3. The molecule has 0 aromatic carbocycles. The van der Waals surface area contributed by atoms with Gasteiger partial charge in [0.05, 0.1) is 13.2 Å². The van der Waals surface area contributed by atoms with E-state index in [4.69, 9.17) is 15.2 Å². The van der Waals surface area contributed by atoms with E-state index >= 15 is 0 Å². The number of nitrogens with zero attached hydrogens (tertiary/aromatic N) is 2. The Balaban J connectivity index is 1.70. The predicted octanol–water partition coefficient (Wildman–Crippen LogP) is -1.38. The molecule has 7 nitrogen and oxygen atoms in total. The number of nitrogen functional groups attached to an aromatic ring is 1. The number of aliphatic hydroxyl groups excluding tert-OH is 1. The molecule has 1 aromatic heterocycles. The van der Waals surface area contributed by atoms with Crippen molar-refractivity contribution in [2.45, 2.75) is 29.5 Å². The van der Waals surface area contributed by atoms with E-state index in [2.05, 4.69) is 4.98 Å². The normalized spacial score (nSPS) is 46.3. The van der Waals surface area contributed by atoms with Gasteiger partial charge >= 0.3 is 5.69 Å². The third kappa shape index (κ3) is 1.12. The number of nitrogens with two attached hydrogens (primary N) is 1. The lowest BCUT2D eigenvalue weighted by Gasteiger charge is -2.45. The maximum atomic E-state index is 14.9. The van der Waals surface area contributed by atoms with Crippen LogP contribution in [0.5, 0.6) is 0 Å². The van der Waals surface area contributed by atoms with E-state index in [0.717, 1.165) is 0 Å². The summed E-state index contributed by atoms with van der Waals surface area (Å²) in [6, 6.07) is 0.665. The lowest BCUT2D eigenvalue weighted by Crippen LogP contribution is -2.64. The zero-order chi connectivity index (χ0) is 13.4. The molecule has 3 N–H and O–H groups in total. The molecule has 2 saturated heterocycles. The van der Waals surface area contributed by atoms with Gasteiger partial charge in [0.2, 0.25) is 0 Å². The van der Waals surface area contributed by atoms with Crippen LogP contribution in [0.3, 0.4) is 0 Å². The van der Waals surface area contributed by atoms with Crippen molar-refractivity contribution >= 4 is 5.82 Å².